The fourth-order valence-electron chi connectivity index (χ4n) is 4.33. The molecule has 0 bridgehead atoms. The highest BCUT2D eigenvalue weighted by Crippen LogP contribution is 2.36. The predicted molar refractivity (Wildman–Crippen MR) is 125 cm³/mol. The Morgan fingerprint density at radius 2 is 1.84 bits per heavy atom. The first-order valence-corrected chi connectivity index (χ1v) is 12.5. The number of thiazole rings is 1. The molecule has 0 N–H and O–H groups in total. The number of ether oxygens (including phenoxy) is 1. The minimum Gasteiger partial charge on any atom is -0.466 e. The van der Waals surface area contributed by atoms with Crippen LogP contribution in [0.1, 0.15) is 53.2 Å². The molecule has 38 heavy (non-hydrogen) atoms. The zero-order valence-corrected chi connectivity index (χ0v) is 20.4. The van der Waals surface area contributed by atoms with Crippen LogP contribution in [0.3, 0.4) is 0 Å². The van der Waals surface area contributed by atoms with Gasteiger partial charge in [0.05, 0.1) is 16.3 Å². The number of rotatable bonds is 6. The molecule has 2 aromatic heterocycles. The Morgan fingerprint density at radius 1 is 1.13 bits per heavy atom. The number of halogens is 5. The maximum Gasteiger partial charge on any atom is 0.438 e. The lowest BCUT2D eigenvalue weighted by Crippen LogP contribution is -2.40. The van der Waals surface area contributed by atoms with Gasteiger partial charge in [0.15, 0.2) is 12.7 Å². The first-order chi connectivity index (χ1) is 18.2. The highest BCUT2D eigenvalue weighted by atomic mass is 32.1. The second-order valence-electron chi connectivity index (χ2n) is 8.69. The van der Waals surface area contributed by atoms with E-state index in [4.69, 9.17) is 9.57 Å². The molecule has 0 radical (unpaired) electrons. The summed E-state index contributed by atoms with van der Waals surface area (Å²) in [6, 6.07) is 3.62. The molecule has 0 aliphatic carbocycles. The zero-order chi connectivity index (χ0) is 26.9. The minimum atomic E-state index is -4.75. The van der Waals surface area contributed by atoms with Crippen LogP contribution >= 0.6 is 11.3 Å². The number of hydrogen-bond donors (Lipinski definition) is 0. The number of likely N-dealkylation sites (tertiary alicyclic amines) is 1. The Labute approximate surface area is 217 Å². The van der Waals surface area contributed by atoms with E-state index >= 15 is 0 Å². The number of piperidine rings is 1. The average Bonchev–Trinajstić information content (AvgIpc) is 3.57. The molecule has 14 heteroatoms. The van der Waals surface area contributed by atoms with Crippen LogP contribution in [0.2, 0.25) is 0 Å². The summed E-state index contributed by atoms with van der Waals surface area (Å²) in [5, 5.41) is 6.63. The number of alkyl halides is 3. The summed E-state index contributed by atoms with van der Waals surface area (Å²) < 4.78 is 72.3. The Bertz CT molecular complexity index is 1340. The molecule has 5 rings (SSSR count). The van der Waals surface area contributed by atoms with Crippen LogP contribution in [0.25, 0.3) is 0 Å². The second kappa shape index (κ2) is 10.6. The second-order valence-corrected chi connectivity index (χ2v) is 9.58. The van der Waals surface area contributed by atoms with E-state index in [0.717, 1.165) is 17.4 Å². The van der Waals surface area contributed by atoms with Gasteiger partial charge in [0.1, 0.15) is 17.3 Å². The largest absolute Gasteiger partial charge is 0.466 e. The SMILES string of the molecule is O=C(COc1nccnc1C(F)(F)F)N1CCC(c2nc(C3=NOC(c4c(F)cccc4F)C3)cs2)CC1. The first kappa shape index (κ1) is 25.9. The number of carbonyl (C=O) groups is 1. The van der Waals surface area contributed by atoms with Gasteiger partial charge in [-0.05, 0) is 25.0 Å². The quantitative estimate of drug-likeness (QED) is 0.405. The summed E-state index contributed by atoms with van der Waals surface area (Å²) in [6.45, 7) is 0.178. The Kier molecular flexibility index (Phi) is 7.23. The molecule has 0 spiro atoms. The summed E-state index contributed by atoms with van der Waals surface area (Å²) in [4.78, 5) is 30.8. The van der Waals surface area contributed by atoms with Gasteiger partial charge in [-0.1, -0.05) is 11.2 Å². The third-order valence-electron chi connectivity index (χ3n) is 6.27. The number of carbonyl (C=O) groups excluding carboxylic acids is 1. The van der Waals surface area contributed by atoms with E-state index in [2.05, 4.69) is 20.1 Å². The van der Waals surface area contributed by atoms with Gasteiger partial charge in [-0.15, -0.1) is 11.3 Å². The molecule has 4 heterocycles. The summed E-state index contributed by atoms with van der Waals surface area (Å²) in [7, 11) is 0. The van der Waals surface area contributed by atoms with E-state index in [1.807, 2.05) is 5.38 Å². The molecular weight excluding hydrogens is 533 g/mol. The van der Waals surface area contributed by atoms with Crippen molar-refractivity contribution in [3.63, 3.8) is 0 Å². The van der Waals surface area contributed by atoms with E-state index in [-0.39, 0.29) is 17.9 Å². The van der Waals surface area contributed by atoms with Crippen LogP contribution in [-0.4, -0.2) is 51.2 Å². The molecule has 8 nitrogen and oxygen atoms in total. The third-order valence-corrected chi connectivity index (χ3v) is 7.28. The molecule has 200 valence electrons. The van der Waals surface area contributed by atoms with E-state index < -0.39 is 48.0 Å². The molecule has 3 aromatic rings. The first-order valence-electron chi connectivity index (χ1n) is 11.6. The molecule has 1 atom stereocenters. The molecule has 1 unspecified atom stereocenters. The van der Waals surface area contributed by atoms with Crippen LogP contribution in [-0.2, 0) is 15.8 Å². The van der Waals surface area contributed by atoms with Gasteiger partial charge in [0.2, 0.25) is 11.6 Å². The maximum absolute atomic E-state index is 14.1. The van der Waals surface area contributed by atoms with Crippen molar-refractivity contribution in [1.29, 1.82) is 0 Å². The fraction of sp³-hybridized carbons (Fsp3) is 0.375. The number of oxime groups is 1. The van der Waals surface area contributed by atoms with E-state index in [1.165, 1.54) is 34.4 Å². The smallest absolute Gasteiger partial charge is 0.438 e. The van der Waals surface area contributed by atoms with Crippen molar-refractivity contribution >= 4 is 23.0 Å². The Balaban J connectivity index is 1.14. The lowest BCUT2D eigenvalue weighted by atomic mass is 9.97. The molecule has 0 saturated carbocycles. The summed E-state index contributed by atoms with van der Waals surface area (Å²) in [5.41, 5.74) is -0.391. The van der Waals surface area contributed by atoms with Crippen LogP contribution in [0.4, 0.5) is 22.0 Å². The van der Waals surface area contributed by atoms with Crippen LogP contribution in [0.15, 0.2) is 41.1 Å². The van der Waals surface area contributed by atoms with Crippen molar-refractivity contribution in [2.24, 2.45) is 5.16 Å². The number of aromatic nitrogens is 3. The molecule has 2 aliphatic heterocycles. The average molecular weight is 554 g/mol. The van der Waals surface area contributed by atoms with Crippen molar-refractivity contribution in [3.05, 3.63) is 69.6 Å². The van der Waals surface area contributed by atoms with Crippen molar-refractivity contribution < 1.29 is 36.3 Å². The number of benzene rings is 1. The monoisotopic (exact) mass is 553 g/mol. The summed E-state index contributed by atoms with van der Waals surface area (Å²) in [6.07, 6.45) is -2.28. The zero-order valence-electron chi connectivity index (χ0n) is 19.6. The van der Waals surface area contributed by atoms with Gasteiger partial charge in [-0.3, -0.25) is 4.79 Å². The van der Waals surface area contributed by atoms with Gasteiger partial charge >= 0.3 is 6.18 Å². The lowest BCUT2D eigenvalue weighted by Gasteiger charge is -2.31. The van der Waals surface area contributed by atoms with Gasteiger partial charge < -0.3 is 14.5 Å². The molecule has 1 amide bonds. The number of nitrogens with zero attached hydrogens (tertiary/aromatic N) is 5. The van der Waals surface area contributed by atoms with Crippen molar-refractivity contribution in [2.45, 2.75) is 37.5 Å². The Hall–Kier alpha value is -3.68. The van der Waals surface area contributed by atoms with Crippen LogP contribution < -0.4 is 4.74 Å². The van der Waals surface area contributed by atoms with Gasteiger partial charge in [0.25, 0.3) is 5.91 Å². The third kappa shape index (κ3) is 5.44. The minimum absolute atomic E-state index is 0.0678. The summed E-state index contributed by atoms with van der Waals surface area (Å²) in [5.74, 6) is -2.52. The molecule has 1 saturated heterocycles. The van der Waals surface area contributed by atoms with Crippen LogP contribution in [0.5, 0.6) is 5.88 Å². The highest BCUT2D eigenvalue weighted by Gasteiger charge is 2.38. The van der Waals surface area contributed by atoms with E-state index in [1.54, 1.807) is 0 Å². The topological polar surface area (TPSA) is 89.8 Å². The standard InChI is InChI=1S/C24H20F5N5O3S/c25-14-2-1-3-15(26)20(14)18-10-16(33-37-18)17-12-38-23(32-17)13-4-8-34(9-5-13)19(35)11-36-22-21(24(27,28)29)30-6-7-31-22/h1-3,6-7,12-13,18H,4-5,8-11H2. The van der Waals surface area contributed by atoms with Gasteiger partial charge in [-0.25, -0.2) is 23.7 Å². The molecule has 2 aliphatic rings. The predicted octanol–water partition coefficient (Wildman–Crippen LogP) is 4.88. The molecule has 1 aromatic carbocycles. The maximum atomic E-state index is 14.1. The fourth-order valence-corrected chi connectivity index (χ4v) is 5.33. The van der Waals surface area contributed by atoms with Crippen molar-refractivity contribution in [3.8, 4) is 5.88 Å². The number of hydrogen-bond acceptors (Lipinski definition) is 8. The van der Waals surface area contributed by atoms with Crippen molar-refractivity contribution in [2.75, 3.05) is 19.7 Å². The van der Waals surface area contributed by atoms with Gasteiger partial charge in [0, 0.05) is 43.2 Å². The number of amides is 1. The van der Waals surface area contributed by atoms with E-state index in [0.29, 0.717) is 37.3 Å². The molecule has 1 fully saturated rings. The normalized spacial score (nSPS) is 18.3. The van der Waals surface area contributed by atoms with Crippen LogP contribution in [0, 0.1) is 11.6 Å². The molecular formula is C24H20F5N5O3S. The Morgan fingerprint density at radius 3 is 2.55 bits per heavy atom. The van der Waals surface area contributed by atoms with E-state index in [9.17, 15) is 26.7 Å². The van der Waals surface area contributed by atoms with Gasteiger partial charge in [-0.2, -0.15) is 13.2 Å². The summed E-state index contributed by atoms with van der Waals surface area (Å²) >= 11 is 1.42. The highest BCUT2D eigenvalue weighted by molar-refractivity contribution is 7.10. The lowest BCUT2D eigenvalue weighted by molar-refractivity contribution is -0.144. The van der Waals surface area contributed by atoms with Crippen molar-refractivity contribution in [1.82, 2.24) is 19.9 Å².